The molecule has 4 rings (SSSR count). The molecule has 3 aromatic rings. The third-order valence-electron chi connectivity index (χ3n) is 5.09. The minimum absolute atomic E-state index is 0.589. The van der Waals surface area contributed by atoms with Crippen molar-refractivity contribution >= 4 is 11.8 Å². The highest BCUT2D eigenvalue weighted by Gasteiger charge is 2.14. The van der Waals surface area contributed by atoms with E-state index in [0.717, 1.165) is 48.7 Å². The molecule has 3 heterocycles. The summed E-state index contributed by atoms with van der Waals surface area (Å²) < 4.78 is 11.2. The second-order valence-electron chi connectivity index (χ2n) is 7.11. The molecule has 0 radical (unpaired) electrons. The van der Waals surface area contributed by atoms with Crippen LogP contribution in [0.4, 0.5) is 5.69 Å². The summed E-state index contributed by atoms with van der Waals surface area (Å²) in [5, 5.41) is 0. The summed E-state index contributed by atoms with van der Waals surface area (Å²) in [6, 6.07) is 16.0. The summed E-state index contributed by atoms with van der Waals surface area (Å²) in [5.74, 6) is 2.13. The molecule has 0 unspecified atom stereocenters. The normalized spacial score (nSPS) is 13.9. The van der Waals surface area contributed by atoms with Crippen molar-refractivity contribution in [1.82, 2.24) is 9.97 Å². The highest BCUT2D eigenvalue weighted by Crippen LogP contribution is 2.28. The van der Waals surface area contributed by atoms with Crippen molar-refractivity contribution in [3.8, 4) is 17.4 Å². The van der Waals surface area contributed by atoms with E-state index >= 15 is 0 Å². The maximum absolute atomic E-state index is 6.05. The number of aryl methyl sites for hydroxylation is 1. The molecule has 0 bridgehead atoms. The fraction of sp³-hybridized carbons (Fsp3) is 0.250. The summed E-state index contributed by atoms with van der Waals surface area (Å²) in [4.78, 5) is 11.0. The van der Waals surface area contributed by atoms with Gasteiger partial charge in [-0.15, -0.1) is 0 Å². The summed E-state index contributed by atoms with van der Waals surface area (Å²) in [6.45, 7) is 3.95. The predicted octanol–water partition coefficient (Wildman–Crippen LogP) is 5.27. The Labute approximate surface area is 171 Å². The second-order valence-corrected chi connectivity index (χ2v) is 7.11. The lowest BCUT2D eigenvalue weighted by atomic mass is 10.0. The van der Waals surface area contributed by atoms with E-state index in [4.69, 9.17) is 9.47 Å². The zero-order valence-electron chi connectivity index (χ0n) is 16.8. The Balaban J connectivity index is 1.43. The molecule has 0 amide bonds. The maximum Gasteiger partial charge on any atom is 0.213 e. The van der Waals surface area contributed by atoms with E-state index in [1.165, 1.54) is 11.3 Å². The first-order valence-corrected chi connectivity index (χ1v) is 9.85. The van der Waals surface area contributed by atoms with Gasteiger partial charge in [-0.2, -0.15) is 0 Å². The highest BCUT2D eigenvalue weighted by atomic mass is 16.5. The fourth-order valence-corrected chi connectivity index (χ4v) is 3.51. The molecule has 148 valence electrons. The standard InChI is InChI=1S/C24H25N3O2/c1-18-23(8-9-24(26-18)28-2)29-22-7-3-5-20(16-22)15-19-10-13-27(14-11-19)21-6-4-12-25-17-21/h3-9,12,15-17H,10-11,13-14H2,1-2H3. The lowest BCUT2D eigenvalue weighted by Gasteiger charge is -2.30. The first-order valence-electron chi connectivity index (χ1n) is 9.85. The average Bonchev–Trinajstić information content (AvgIpc) is 2.76. The Morgan fingerprint density at radius 3 is 2.62 bits per heavy atom. The molecule has 1 fully saturated rings. The van der Waals surface area contributed by atoms with Crippen molar-refractivity contribution in [1.29, 1.82) is 0 Å². The minimum Gasteiger partial charge on any atom is -0.481 e. The van der Waals surface area contributed by atoms with Gasteiger partial charge in [0.15, 0.2) is 0 Å². The van der Waals surface area contributed by atoms with E-state index in [1.54, 1.807) is 7.11 Å². The van der Waals surface area contributed by atoms with Crippen LogP contribution < -0.4 is 14.4 Å². The Morgan fingerprint density at radius 2 is 1.90 bits per heavy atom. The molecule has 0 N–H and O–H groups in total. The molecule has 1 aliphatic heterocycles. The van der Waals surface area contributed by atoms with Crippen molar-refractivity contribution in [2.75, 3.05) is 25.1 Å². The van der Waals surface area contributed by atoms with Gasteiger partial charge in [-0.3, -0.25) is 4.98 Å². The Bertz CT molecular complexity index is 992. The molecule has 5 nitrogen and oxygen atoms in total. The van der Waals surface area contributed by atoms with Crippen molar-refractivity contribution < 1.29 is 9.47 Å². The quantitative estimate of drug-likeness (QED) is 0.597. The number of methoxy groups -OCH3 is 1. The van der Waals surface area contributed by atoms with Crippen LogP contribution in [0.25, 0.3) is 6.08 Å². The molecule has 0 saturated carbocycles. The molecular weight excluding hydrogens is 362 g/mol. The number of aromatic nitrogens is 2. The average molecular weight is 387 g/mol. The molecule has 1 saturated heterocycles. The van der Waals surface area contributed by atoms with Gasteiger partial charge in [0.1, 0.15) is 11.5 Å². The maximum atomic E-state index is 6.05. The first-order chi connectivity index (χ1) is 14.2. The summed E-state index contributed by atoms with van der Waals surface area (Å²) in [6.07, 6.45) is 8.15. The summed E-state index contributed by atoms with van der Waals surface area (Å²) >= 11 is 0. The van der Waals surface area contributed by atoms with Gasteiger partial charge >= 0.3 is 0 Å². The van der Waals surface area contributed by atoms with Gasteiger partial charge in [-0.25, -0.2) is 4.98 Å². The van der Waals surface area contributed by atoms with E-state index in [0.29, 0.717) is 5.88 Å². The molecule has 1 aromatic carbocycles. The third-order valence-corrected chi connectivity index (χ3v) is 5.09. The lowest BCUT2D eigenvalue weighted by molar-refractivity contribution is 0.393. The zero-order valence-corrected chi connectivity index (χ0v) is 16.8. The molecule has 0 atom stereocenters. The Morgan fingerprint density at radius 1 is 1.03 bits per heavy atom. The van der Waals surface area contributed by atoms with Gasteiger partial charge in [-0.05, 0) is 55.7 Å². The van der Waals surface area contributed by atoms with Crippen LogP contribution in [-0.2, 0) is 0 Å². The van der Waals surface area contributed by atoms with Crippen LogP contribution >= 0.6 is 0 Å². The zero-order chi connectivity index (χ0) is 20.1. The number of hydrogen-bond acceptors (Lipinski definition) is 5. The van der Waals surface area contributed by atoms with Crippen molar-refractivity contribution in [2.24, 2.45) is 0 Å². The van der Waals surface area contributed by atoms with Crippen LogP contribution in [0.2, 0.25) is 0 Å². The largest absolute Gasteiger partial charge is 0.481 e. The molecular formula is C24H25N3O2. The van der Waals surface area contributed by atoms with Gasteiger partial charge in [0.2, 0.25) is 5.88 Å². The van der Waals surface area contributed by atoms with E-state index in [2.05, 4.69) is 39.1 Å². The van der Waals surface area contributed by atoms with Gasteiger partial charge < -0.3 is 14.4 Å². The monoisotopic (exact) mass is 387 g/mol. The number of benzene rings is 1. The minimum atomic E-state index is 0.589. The Kier molecular flexibility index (Phi) is 5.75. The predicted molar refractivity (Wildman–Crippen MR) is 116 cm³/mol. The third kappa shape index (κ3) is 4.74. The number of hydrogen-bond donors (Lipinski definition) is 0. The van der Waals surface area contributed by atoms with Crippen LogP contribution in [-0.4, -0.2) is 30.2 Å². The summed E-state index contributed by atoms with van der Waals surface area (Å²) in [7, 11) is 1.61. The van der Waals surface area contributed by atoms with Gasteiger partial charge in [-0.1, -0.05) is 23.8 Å². The van der Waals surface area contributed by atoms with Crippen LogP contribution in [0, 0.1) is 6.92 Å². The molecule has 29 heavy (non-hydrogen) atoms. The smallest absolute Gasteiger partial charge is 0.213 e. The summed E-state index contributed by atoms with van der Waals surface area (Å²) in [5.41, 5.74) is 4.62. The number of pyridine rings is 2. The number of ether oxygens (including phenoxy) is 2. The van der Waals surface area contributed by atoms with Crippen molar-refractivity contribution in [3.05, 3.63) is 77.8 Å². The number of nitrogens with zero attached hydrogens (tertiary/aromatic N) is 3. The fourth-order valence-electron chi connectivity index (χ4n) is 3.51. The lowest BCUT2D eigenvalue weighted by Crippen LogP contribution is -2.30. The SMILES string of the molecule is COc1ccc(Oc2cccc(C=C3CCN(c4cccnc4)CC3)c2)c(C)n1. The second kappa shape index (κ2) is 8.78. The van der Waals surface area contributed by atoms with E-state index in [-0.39, 0.29) is 0 Å². The van der Waals surface area contributed by atoms with Gasteiger partial charge in [0.05, 0.1) is 24.7 Å². The molecule has 0 spiro atoms. The van der Waals surface area contributed by atoms with E-state index in [9.17, 15) is 0 Å². The van der Waals surface area contributed by atoms with Gasteiger partial charge in [0.25, 0.3) is 0 Å². The van der Waals surface area contributed by atoms with Crippen LogP contribution in [0.15, 0.2) is 66.5 Å². The first kappa shape index (κ1) is 19.0. The van der Waals surface area contributed by atoms with Crippen molar-refractivity contribution in [3.63, 3.8) is 0 Å². The Hall–Kier alpha value is -3.34. The molecule has 1 aliphatic rings. The van der Waals surface area contributed by atoms with E-state index < -0.39 is 0 Å². The molecule has 5 heteroatoms. The molecule has 0 aliphatic carbocycles. The van der Waals surface area contributed by atoms with E-state index in [1.807, 2.05) is 49.6 Å². The van der Waals surface area contributed by atoms with Crippen LogP contribution in [0.1, 0.15) is 24.1 Å². The topological polar surface area (TPSA) is 47.5 Å². The van der Waals surface area contributed by atoms with Gasteiger partial charge in [0, 0.05) is 25.4 Å². The van der Waals surface area contributed by atoms with Crippen molar-refractivity contribution in [2.45, 2.75) is 19.8 Å². The molecule has 2 aromatic heterocycles. The highest BCUT2D eigenvalue weighted by molar-refractivity contribution is 5.57. The van der Waals surface area contributed by atoms with Crippen LogP contribution in [0.5, 0.6) is 17.4 Å². The number of piperidine rings is 1. The number of rotatable bonds is 5. The number of anilines is 1. The van der Waals surface area contributed by atoms with Crippen LogP contribution in [0.3, 0.4) is 0 Å².